The molecular weight excluding hydrogens is 290 g/mol. The summed E-state index contributed by atoms with van der Waals surface area (Å²) in [6.07, 6.45) is 2.29. The van der Waals surface area contributed by atoms with Gasteiger partial charge < -0.3 is 14.3 Å². The van der Waals surface area contributed by atoms with Crippen molar-refractivity contribution in [2.45, 2.75) is 24.8 Å². The number of hydrogen-bond acceptors (Lipinski definition) is 4. The zero-order valence-electron chi connectivity index (χ0n) is 13.3. The molecule has 0 spiro atoms. The van der Waals surface area contributed by atoms with Gasteiger partial charge in [-0.2, -0.15) is 0 Å². The molecule has 5 nitrogen and oxygen atoms in total. The third-order valence-corrected chi connectivity index (χ3v) is 4.76. The number of carbonyl (C=O) groups is 1. The van der Waals surface area contributed by atoms with E-state index in [9.17, 15) is 4.79 Å². The lowest BCUT2D eigenvalue weighted by molar-refractivity contribution is 0.0488. The first-order valence-electron chi connectivity index (χ1n) is 8.23. The van der Waals surface area contributed by atoms with Crippen LogP contribution in [0.4, 0.5) is 0 Å². The lowest BCUT2D eigenvalue weighted by atomic mass is 10.0. The maximum absolute atomic E-state index is 12.9. The molecule has 23 heavy (non-hydrogen) atoms. The topological polar surface area (TPSA) is 49.6 Å². The van der Waals surface area contributed by atoms with Gasteiger partial charge in [-0.25, -0.2) is 0 Å². The highest BCUT2D eigenvalue weighted by molar-refractivity contribution is 5.92. The SMILES string of the molecule is CN1CCN(C(=O)c2cc(C3CC3)on2)[C@H](c2ccccc2)C1. The minimum absolute atomic E-state index is 0.0254. The second-order valence-electron chi connectivity index (χ2n) is 6.58. The van der Waals surface area contributed by atoms with Gasteiger partial charge in [-0.05, 0) is 25.5 Å². The van der Waals surface area contributed by atoms with Crippen LogP contribution in [0.15, 0.2) is 40.9 Å². The summed E-state index contributed by atoms with van der Waals surface area (Å²) >= 11 is 0. The first-order chi connectivity index (χ1) is 11.2. The van der Waals surface area contributed by atoms with Crippen LogP contribution in [0, 0.1) is 0 Å². The molecular formula is C18H21N3O2. The molecule has 1 saturated heterocycles. The monoisotopic (exact) mass is 311 g/mol. The number of piperazine rings is 1. The zero-order chi connectivity index (χ0) is 15.8. The minimum atomic E-state index is -0.0254. The lowest BCUT2D eigenvalue weighted by Gasteiger charge is -2.40. The van der Waals surface area contributed by atoms with Crippen molar-refractivity contribution in [3.05, 3.63) is 53.4 Å². The Morgan fingerprint density at radius 1 is 1.22 bits per heavy atom. The number of benzene rings is 1. The van der Waals surface area contributed by atoms with Crippen LogP contribution in [0.2, 0.25) is 0 Å². The van der Waals surface area contributed by atoms with Crippen molar-refractivity contribution < 1.29 is 9.32 Å². The third kappa shape index (κ3) is 2.88. The molecule has 1 saturated carbocycles. The van der Waals surface area contributed by atoms with Crippen molar-refractivity contribution in [1.82, 2.24) is 15.0 Å². The van der Waals surface area contributed by atoms with Crippen LogP contribution in [0.25, 0.3) is 0 Å². The molecule has 2 aliphatic rings. The fraction of sp³-hybridized carbons (Fsp3) is 0.444. The van der Waals surface area contributed by atoms with E-state index in [1.807, 2.05) is 29.2 Å². The number of amides is 1. The zero-order valence-corrected chi connectivity index (χ0v) is 13.3. The number of likely N-dealkylation sites (N-methyl/N-ethyl adjacent to an activating group) is 1. The van der Waals surface area contributed by atoms with Crippen molar-refractivity contribution in [3.63, 3.8) is 0 Å². The largest absolute Gasteiger partial charge is 0.360 e. The van der Waals surface area contributed by atoms with E-state index in [0.29, 0.717) is 18.2 Å². The highest BCUT2D eigenvalue weighted by Crippen LogP contribution is 2.40. The molecule has 2 heterocycles. The van der Waals surface area contributed by atoms with E-state index >= 15 is 0 Å². The van der Waals surface area contributed by atoms with Gasteiger partial charge in [-0.3, -0.25) is 4.79 Å². The molecule has 1 aliphatic carbocycles. The summed E-state index contributed by atoms with van der Waals surface area (Å²) in [6.45, 7) is 2.42. The van der Waals surface area contributed by atoms with E-state index in [2.05, 4.69) is 29.2 Å². The predicted octanol–water partition coefficient (Wildman–Crippen LogP) is 2.68. The molecule has 2 aromatic rings. The molecule has 0 N–H and O–H groups in total. The van der Waals surface area contributed by atoms with Gasteiger partial charge in [0.05, 0.1) is 6.04 Å². The Balaban J connectivity index is 1.60. The fourth-order valence-electron chi connectivity index (χ4n) is 3.22. The van der Waals surface area contributed by atoms with Crippen molar-refractivity contribution in [2.75, 3.05) is 26.7 Å². The number of hydrogen-bond donors (Lipinski definition) is 0. The van der Waals surface area contributed by atoms with E-state index in [1.165, 1.54) is 5.56 Å². The molecule has 5 heteroatoms. The van der Waals surface area contributed by atoms with Crippen LogP contribution in [0.3, 0.4) is 0 Å². The molecule has 0 bridgehead atoms. The number of carbonyl (C=O) groups excluding carboxylic acids is 1. The van der Waals surface area contributed by atoms with E-state index in [4.69, 9.17) is 4.52 Å². The first-order valence-corrected chi connectivity index (χ1v) is 8.23. The maximum atomic E-state index is 12.9. The molecule has 0 unspecified atom stereocenters. The minimum Gasteiger partial charge on any atom is -0.360 e. The summed E-state index contributed by atoms with van der Waals surface area (Å²) in [5, 5.41) is 4.02. The van der Waals surface area contributed by atoms with Crippen LogP contribution in [0.5, 0.6) is 0 Å². The van der Waals surface area contributed by atoms with E-state index < -0.39 is 0 Å². The summed E-state index contributed by atoms with van der Waals surface area (Å²) in [5.41, 5.74) is 1.61. The maximum Gasteiger partial charge on any atom is 0.276 e. The summed E-state index contributed by atoms with van der Waals surface area (Å²) in [4.78, 5) is 17.1. The molecule has 1 aliphatic heterocycles. The van der Waals surface area contributed by atoms with Crippen molar-refractivity contribution in [2.24, 2.45) is 0 Å². The highest BCUT2D eigenvalue weighted by atomic mass is 16.5. The molecule has 0 radical (unpaired) electrons. The van der Waals surface area contributed by atoms with Crippen LogP contribution >= 0.6 is 0 Å². The highest BCUT2D eigenvalue weighted by Gasteiger charge is 2.34. The summed E-state index contributed by atoms with van der Waals surface area (Å²) < 4.78 is 5.35. The van der Waals surface area contributed by atoms with Gasteiger partial charge in [0.1, 0.15) is 5.76 Å². The first kappa shape index (κ1) is 14.5. The van der Waals surface area contributed by atoms with E-state index in [0.717, 1.165) is 31.7 Å². The molecule has 1 atom stereocenters. The van der Waals surface area contributed by atoms with Gasteiger partial charge in [0, 0.05) is 31.6 Å². The molecule has 1 aromatic heterocycles. The van der Waals surface area contributed by atoms with Crippen molar-refractivity contribution >= 4 is 5.91 Å². The predicted molar refractivity (Wildman–Crippen MR) is 86.2 cm³/mol. The molecule has 1 aromatic carbocycles. The average molecular weight is 311 g/mol. The Hall–Kier alpha value is -2.14. The number of aromatic nitrogens is 1. The van der Waals surface area contributed by atoms with Gasteiger partial charge in [0.25, 0.3) is 5.91 Å². The molecule has 120 valence electrons. The standard InChI is InChI=1S/C18H21N3O2/c1-20-9-10-21(16(12-20)13-5-3-2-4-6-13)18(22)15-11-17(23-19-15)14-7-8-14/h2-6,11,14,16H,7-10,12H2,1H3/t16-/m0/s1. The third-order valence-electron chi connectivity index (χ3n) is 4.76. The normalized spacial score (nSPS) is 22.3. The Morgan fingerprint density at radius 2 is 2.00 bits per heavy atom. The van der Waals surface area contributed by atoms with Crippen molar-refractivity contribution in [1.29, 1.82) is 0 Å². The van der Waals surface area contributed by atoms with Gasteiger partial charge in [-0.1, -0.05) is 35.5 Å². The van der Waals surface area contributed by atoms with Gasteiger partial charge in [0.2, 0.25) is 0 Å². The number of rotatable bonds is 3. The quantitative estimate of drug-likeness (QED) is 0.874. The van der Waals surface area contributed by atoms with Crippen molar-refractivity contribution in [3.8, 4) is 0 Å². The summed E-state index contributed by atoms with van der Waals surface area (Å²) in [7, 11) is 2.10. The summed E-state index contributed by atoms with van der Waals surface area (Å²) in [6, 6.07) is 12.1. The van der Waals surface area contributed by atoms with Crippen LogP contribution in [-0.2, 0) is 0 Å². The molecule has 1 amide bonds. The Labute approximate surface area is 135 Å². The average Bonchev–Trinajstić information content (AvgIpc) is 3.32. The van der Waals surface area contributed by atoms with Gasteiger partial charge in [0.15, 0.2) is 5.69 Å². The molecule has 2 fully saturated rings. The van der Waals surface area contributed by atoms with E-state index in [-0.39, 0.29) is 11.9 Å². The van der Waals surface area contributed by atoms with Crippen LogP contribution < -0.4 is 0 Å². The molecule has 4 rings (SSSR count). The summed E-state index contributed by atoms with van der Waals surface area (Å²) in [5.74, 6) is 1.31. The van der Waals surface area contributed by atoms with E-state index in [1.54, 1.807) is 0 Å². The van der Waals surface area contributed by atoms with Crippen LogP contribution in [-0.4, -0.2) is 47.5 Å². The Morgan fingerprint density at radius 3 is 2.74 bits per heavy atom. The lowest BCUT2D eigenvalue weighted by Crippen LogP contribution is -2.49. The Kier molecular flexibility index (Phi) is 3.65. The fourth-order valence-corrected chi connectivity index (χ4v) is 3.22. The second kappa shape index (κ2) is 5.81. The second-order valence-corrected chi connectivity index (χ2v) is 6.58. The van der Waals surface area contributed by atoms with Gasteiger partial charge >= 0.3 is 0 Å². The Bertz CT molecular complexity index is 693. The smallest absolute Gasteiger partial charge is 0.276 e. The number of nitrogens with zero attached hydrogens (tertiary/aromatic N) is 3. The van der Waals surface area contributed by atoms with Gasteiger partial charge in [-0.15, -0.1) is 0 Å². The van der Waals surface area contributed by atoms with Crippen LogP contribution in [0.1, 0.15) is 46.6 Å².